The molecule has 0 atom stereocenters. The predicted octanol–water partition coefficient (Wildman–Crippen LogP) is 1.14. The third-order valence-electron chi connectivity index (χ3n) is 2.20. The van der Waals surface area contributed by atoms with Gasteiger partial charge in [0.15, 0.2) is 0 Å². The third kappa shape index (κ3) is 2.32. The Balaban J connectivity index is 2.16. The van der Waals surface area contributed by atoms with Gasteiger partial charge >= 0.3 is 0 Å². The van der Waals surface area contributed by atoms with Crippen LogP contribution in [0.2, 0.25) is 0 Å². The van der Waals surface area contributed by atoms with Crippen molar-refractivity contribution in [3.63, 3.8) is 0 Å². The Morgan fingerprint density at radius 2 is 2.29 bits per heavy atom. The van der Waals surface area contributed by atoms with Crippen molar-refractivity contribution >= 4 is 11.7 Å². The van der Waals surface area contributed by atoms with Crippen LogP contribution in [-0.2, 0) is 0 Å². The lowest BCUT2D eigenvalue weighted by Crippen LogP contribution is -2.18. The summed E-state index contributed by atoms with van der Waals surface area (Å²) in [5.41, 5.74) is 0. The second-order valence-electron chi connectivity index (χ2n) is 3.95. The molecule has 90 valence electrons. The molecule has 2 N–H and O–H groups in total. The lowest BCUT2D eigenvalue weighted by atomic mass is 10.4. The Labute approximate surface area is 98.2 Å². The van der Waals surface area contributed by atoms with E-state index in [1.165, 1.54) is 0 Å². The molecule has 17 heavy (non-hydrogen) atoms. The molecule has 1 amide bonds. The lowest BCUT2D eigenvalue weighted by molar-refractivity contribution is 0.101. The smallest absolute Gasteiger partial charge is 0.296 e. The van der Waals surface area contributed by atoms with Crippen LogP contribution in [0.3, 0.4) is 0 Å². The van der Waals surface area contributed by atoms with E-state index in [2.05, 4.69) is 25.6 Å². The van der Waals surface area contributed by atoms with Gasteiger partial charge in [-0.25, -0.2) is 9.67 Å². The molecule has 2 rings (SSSR count). The average Bonchev–Trinajstić information content (AvgIpc) is 2.86. The Hall–Kier alpha value is -2.18. The molecule has 7 heteroatoms. The highest BCUT2D eigenvalue weighted by Crippen LogP contribution is 2.13. The van der Waals surface area contributed by atoms with Crippen molar-refractivity contribution in [1.29, 1.82) is 0 Å². The van der Waals surface area contributed by atoms with Crippen LogP contribution < -0.4 is 5.32 Å². The molecule has 0 radical (unpaired) electrons. The number of rotatable bonds is 3. The molecule has 2 aromatic heterocycles. The molecule has 0 saturated heterocycles. The van der Waals surface area contributed by atoms with Gasteiger partial charge < -0.3 is 5.32 Å². The summed E-state index contributed by atoms with van der Waals surface area (Å²) in [6.07, 6.45) is 1.64. The fourth-order valence-corrected chi connectivity index (χ4v) is 1.44. The van der Waals surface area contributed by atoms with Gasteiger partial charge in [-0.05, 0) is 20.8 Å². The number of nitrogens with one attached hydrogen (secondary N) is 2. The normalized spacial score (nSPS) is 10.8. The summed E-state index contributed by atoms with van der Waals surface area (Å²) in [5, 5.41) is 13.3. The number of anilines is 1. The van der Waals surface area contributed by atoms with Crippen molar-refractivity contribution in [2.24, 2.45) is 0 Å². The number of nitrogens with zero attached hydrogens (tertiary/aromatic N) is 4. The van der Waals surface area contributed by atoms with E-state index in [9.17, 15) is 4.79 Å². The fraction of sp³-hybridized carbons (Fsp3) is 0.400. The van der Waals surface area contributed by atoms with E-state index in [1.54, 1.807) is 23.9 Å². The molecule has 2 aromatic rings. The van der Waals surface area contributed by atoms with Crippen molar-refractivity contribution in [3.05, 3.63) is 23.9 Å². The average molecular weight is 234 g/mol. The minimum absolute atomic E-state index is 0.124. The molecule has 0 aliphatic heterocycles. The van der Waals surface area contributed by atoms with Gasteiger partial charge in [-0.2, -0.15) is 5.10 Å². The second kappa shape index (κ2) is 4.36. The van der Waals surface area contributed by atoms with Crippen LogP contribution >= 0.6 is 0 Å². The number of hydrogen-bond donors (Lipinski definition) is 2. The van der Waals surface area contributed by atoms with Gasteiger partial charge in [0.05, 0.1) is 6.20 Å². The summed E-state index contributed by atoms with van der Waals surface area (Å²) in [6, 6.07) is 1.91. The monoisotopic (exact) mass is 234 g/mol. The lowest BCUT2D eigenvalue weighted by Gasteiger charge is -2.10. The molecule has 0 unspecified atom stereocenters. The molecular weight excluding hydrogens is 220 g/mol. The van der Waals surface area contributed by atoms with Crippen LogP contribution in [0.4, 0.5) is 5.82 Å². The number of hydrogen-bond acceptors (Lipinski definition) is 4. The zero-order valence-electron chi connectivity index (χ0n) is 9.93. The second-order valence-corrected chi connectivity index (χ2v) is 3.95. The Morgan fingerprint density at radius 1 is 1.53 bits per heavy atom. The van der Waals surface area contributed by atoms with Gasteiger partial charge in [-0.1, -0.05) is 0 Å². The van der Waals surface area contributed by atoms with Crippen molar-refractivity contribution in [3.8, 4) is 0 Å². The highest BCUT2D eigenvalue weighted by atomic mass is 16.2. The van der Waals surface area contributed by atoms with Gasteiger partial charge in [0.25, 0.3) is 5.91 Å². The molecule has 0 spiro atoms. The van der Waals surface area contributed by atoms with Crippen molar-refractivity contribution in [2.75, 3.05) is 5.32 Å². The highest BCUT2D eigenvalue weighted by Gasteiger charge is 2.14. The summed E-state index contributed by atoms with van der Waals surface area (Å²) < 4.78 is 1.72. The van der Waals surface area contributed by atoms with E-state index in [4.69, 9.17) is 0 Å². The summed E-state index contributed by atoms with van der Waals surface area (Å²) in [4.78, 5) is 15.8. The Morgan fingerprint density at radius 3 is 2.88 bits per heavy atom. The van der Waals surface area contributed by atoms with Crippen LogP contribution in [0.15, 0.2) is 12.3 Å². The first-order chi connectivity index (χ1) is 8.08. The SMILES string of the molecule is Cc1nc(C(=O)Nc2ccnn2C(C)C)n[nH]1. The third-order valence-corrected chi connectivity index (χ3v) is 2.20. The number of carbonyl (C=O) groups is 1. The van der Waals surface area contributed by atoms with Gasteiger partial charge in [-0.15, -0.1) is 5.10 Å². The molecule has 0 bridgehead atoms. The minimum Gasteiger partial charge on any atom is -0.304 e. The molecule has 0 aromatic carbocycles. The predicted molar refractivity (Wildman–Crippen MR) is 61.7 cm³/mol. The fourth-order valence-electron chi connectivity index (χ4n) is 1.44. The summed E-state index contributed by atoms with van der Waals surface area (Å²) in [7, 11) is 0. The first-order valence-electron chi connectivity index (χ1n) is 5.32. The van der Waals surface area contributed by atoms with E-state index in [0.717, 1.165) is 0 Å². The molecule has 0 aliphatic rings. The number of aromatic amines is 1. The van der Waals surface area contributed by atoms with Crippen LogP contribution in [0.25, 0.3) is 0 Å². The van der Waals surface area contributed by atoms with Crippen LogP contribution in [0.5, 0.6) is 0 Å². The molecule has 0 fully saturated rings. The van der Waals surface area contributed by atoms with E-state index >= 15 is 0 Å². The van der Waals surface area contributed by atoms with E-state index < -0.39 is 0 Å². The van der Waals surface area contributed by atoms with Gasteiger partial charge in [0.2, 0.25) is 5.82 Å². The van der Waals surface area contributed by atoms with E-state index in [1.807, 2.05) is 13.8 Å². The standard InChI is InChI=1S/C10H14N6O/c1-6(2)16-8(4-5-11-16)13-10(17)9-12-7(3)14-15-9/h4-6H,1-3H3,(H,13,17)(H,12,14,15). The summed E-state index contributed by atoms with van der Waals surface area (Å²) >= 11 is 0. The summed E-state index contributed by atoms with van der Waals surface area (Å²) in [6.45, 7) is 5.71. The molecule has 0 saturated carbocycles. The number of amides is 1. The highest BCUT2D eigenvalue weighted by molar-refractivity contribution is 6.00. The number of carbonyl (C=O) groups excluding carboxylic acids is 1. The molecule has 2 heterocycles. The van der Waals surface area contributed by atoms with Crippen LogP contribution in [-0.4, -0.2) is 30.9 Å². The first kappa shape index (κ1) is 11.3. The number of aryl methyl sites for hydroxylation is 1. The number of H-pyrrole nitrogens is 1. The maximum absolute atomic E-state index is 11.8. The maximum atomic E-state index is 11.8. The molecule has 0 aliphatic carbocycles. The molecule has 7 nitrogen and oxygen atoms in total. The largest absolute Gasteiger partial charge is 0.304 e. The van der Waals surface area contributed by atoms with E-state index in [0.29, 0.717) is 11.6 Å². The maximum Gasteiger partial charge on any atom is 0.296 e. The van der Waals surface area contributed by atoms with Crippen molar-refractivity contribution in [2.45, 2.75) is 26.8 Å². The number of aromatic nitrogens is 5. The summed E-state index contributed by atoms with van der Waals surface area (Å²) in [5.74, 6) is 1.01. The van der Waals surface area contributed by atoms with Crippen molar-refractivity contribution in [1.82, 2.24) is 25.0 Å². The first-order valence-corrected chi connectivity index (χ1v) is 5.32. The quantitative estimate of drug-likeness (QED) is 0.833. The van der Waals surface area contributed by atoms with Crippen LogP contribution in [0.1, 0.15) is 36.3 Å². The minimum atomic E-state index is -0.350. The Bertz CT molecular complexity index is 526. The van der Waals surface area contributed by atoms with Gasteiger partial charge in [0.1, 0.15) is 11.6 Å². The molecular formula is C10H14N6O. The van der Waals surface area contributed by atoms with Gasteiger partial charge in [-0.3, -0.25) is 9.89 Å². The van der Waals surface area contributed by atoms with Crippen LogP contribution in [0, 0.1) is 6.92 Å². The van der Waals surface area contributed by atoms with Gasteiger partial charge in [0, 0.05) is 12.1 Å². The zero-order chi connectivity index (χ0) is 12.4. The zero-order valence-corrected chi connectivity index (χ0v) is 9.93. The van der Waals surface area contributed by atoms with Crippen molar-refractivity contribution < 1.29 is 4.79 Å². The topological polar surface area (TPSA) is 88.5 Å². The Kier molecular flexibility index (Phi) is 2.90. The van der Waals surface area contributed by atoms with E-state index in [-0.39, 0.29) is 17.8 Å².